The number of hydrogen-bond donors (Lipinski definition) is 2. The van der Waals surface area contributed by atoms with Crippen molar-refractivity contribution in [1.82, 2.24) is 0 Å². The first-order chi connectivity index (χ1) is 15.2. The van der Waals surface area contributed by atoms with Crippen molar-refractivity contribution in [3.63, 3.8) is 0 Å². The Hall–Kier alpha value is -3.82. The number of rotatable bonds is 5. The van der Waals surface area contributed by atoms with E-state index in [1.807, 2.05) is 0 Å². The lowest BCUT2D eigenvalue weighted by atomic mass is 10.1. The fourth-order valence-corrected chi connectivity index (χ4v) is 3.88. The van der Waals surface area contributed by atoms with Crippen molar-refractivity contribution in [3.8, 4) is 0 Å². The molecule has 9 heteroatoms. The Bertz CT molecular complexity index is 1310. The van der Waals surface area contributed by atoms with Gasteiger partial charge in [0.2, 0.25) is 10.0 Å². The zero-order chi connectivity index (χ0) is 22.9. The second-order valence-corrected chi connectivity index (χ2v) is 8.67. The smallest absolute Gasteiger partial charge is 0.263 e. The fraction of sp³-hybridized carbons (Fsp3) is 0.0435. The third kappa shape index (κ3) is 4.29. The Morgan fingerprint density at radius 2 is 1.53 bits per heavy atom. The molecule has 1 saturated heterocycles. The van der Waals surface area contributed by atoms with Crippen LogP contribution in [0.3, 0.4) is 0 Å². The molecule has 1 unspecified atom stereocenters. The topological polar surface area (TPSA) is 110 Å². The van der Waals surface area contributed by atoms with Gasteiger partial charge in [0, 0.05) is 5.69 Å². The van der Waals surface area contributed by atoms with E-state index in [9.17, 15) is 22.4 Å². The lowest BCUT2D eigenvalue weighted by Gasteiger charge is -2.15. The number of primary sulfonamides is 1. The van der Waals surface area contributed by atoms with Crippen LogP contribution in [0, 0.1) is 5.82 Å². The molecule has 1 atom stereocenters. The van der Waals surface area contributed by atoms with E-state index in [2.05, 4.69) is 5.32 Å². The van der Waals surface area contributed by atoms with Gasteiger partial charge in [-0.1, -0.05) is 30.3 Å². The van der Waals surface area contributed by atoms with Gasteiger partial charge in [-0.15, -0.1) is 0 Å². The largest absolute Gasteiger partial charge is 0.370 e. The van der Waals surface area contributed by atoms with Crippen molar-refractivity contribution in [3.05, 3.63) is 95.8 Å². The highest BCUT2D eigenvalue weighted by molar-refractivity contribution is 7.89. The maximum atomic E-state index is 13.3. The number of sulfonamides is 1. The number of benzene rings is 3. The summed E-state index contributed by atoms with van der Waals surface area (Å²) in [4.78, 5) is 27.4. The Balaban J connectivity index is 1.73. The standard InChI is InChI=1S/C23H18FN3O4S/c24-16-8-6-15(7-9-16)14-20-21(26-17-10-12-19(13-11-17)32(25,30)31)23(29)27(22(20)28)18-4-2-1-3-5-18/h1-14,21,26H,(H2,25,30,31). The molecule has 3 N–H and O–H groups in total. The number of imide groups is 1. The molecule has 0 spiro atoms. The summed E-state index contributed by atoms with van der Waals surface area (Å²) in [5.41, 5.74) is 1.56. The summed E-state index contributed by atoms with van der Waals surface area (Å²) in [7, 11) is -3.87. The zero-order valence-electron chi connectivity index (χ0n) is 16.6. The molecule has 3 aromatic carbocycles. The predicted molar refractivity (Wildman–Crippen MR) is 119 cm³/mol. The van der Waals surface area contributed by atoms with Gasteiger partial charge in [-0.3, -0.25) is 9.59 Å². The SMILES string of the molecule is NS(=O)(=O)c1ccc(NC2C(=O)N(c3ccccc3)C(=O)C2=Cc2ccc(F)cc2)cc1. The van der Waals surface area contributed by atoms with Gasteiger partial charge in [0.25, 0.3) is 11.8 Å². The molecule has 2 amide bonds. The van der Waals surface area contributed by atoms with Gasteiger partial charge < -0.3 is 5.32 Å². The Morgan fingerprint density at radius 1 is 0.906 bits per heavy atom. The van der Waals surface area contributed by atoms with Crippen LogP contribution >= 0.6 is 0 Å². The lowest BCUT2D eigenvalue weighted by Crippen LogP contribution is -2.34. The average molecular weight is 451 g/mol. The fourth-order valence-electron chi connectivity index (χ4n) is 3.37. The molecule has 1 fully saturated rings. The molecule has 1 aliphatic heterocycles. The van der Waals surface area contributed by atoms with Crippen molar-refractivity contribution < 1.29 is 22.4 Å². The Morgan fingerprint density at radius 3 is 2.12 bits per heavy atom. The van der Waals surface area contributed by atoms with Gasteiger partial charge in [-0.25, -0.2) is 22.8 Å². The van der Waals surface area contributed by atoms with Gasteiger partial charge in [0.15, 0.2) is 0 Å². The predicted octanol–water partition coefficient (Wildman–Crippen LogP) is 2.91. The molecule has 0 aromatic heterocycles. The monoisotopic (exact) mass is 451 g/mol. The Labute approximate surface area is 184 Å². The molecule has 7 nitrogen and oxygen atoms in total. The van der Waals surface area contributed by atoms with Crippen LogP contribution in [0.4, 0.5) is 15.8 Å². The van der Waals surface area contributed by atoms with E-state index in [0.29, 0.717) is 16.9 Å². The first-order valence-corrected chi connectivity index (χ1v) is 11.1. The minimum absolute atomic E-state index is 0.0788. The van der Waals surface area contributed by atoms with Crippen LogP contribution in [-0.4, -0.2) is 26.3 Å². The molecule has 3 aromatic rings. The molecule has 0 aliphatic carbocycles. The molecule has 1 heterocycles. The first-order valence-electron chi connectivity index (χ1n) is 9.54. The molecule has 0 saturated carbocycles. The molecule has 0 radical (unpaired) electrons. The third-order valence-corrected chi connectivity index (χ3v) is 5.86. The maximum absolute atomic E-state index is 13.3. The normalized spacial score (nSPS) is 17.8. The Kier molecular flexibility index (Phi) is 5.60. The average Bonchev–Trinajstić information content (AvgIpc) is 2.99. The summed E-state index contributed by atoms with van der Waals surface area (Å²) in [5, 5.41) is 8.11. The summed E-state index contributed by atoms with van der Waals surface area (Å²) in [6.07, 6.45) is 1.53. The number of para-hydroxylation sites is 1. The van der Waals surface area contributed by atoms with Crippen LogP contribution < -0.4 is 15.4 Å². The number of halogens is 1. The molecule has 32 heavy (non-hydrogen) atoms. The van der Waals surface area contributed by atoms with Crippen molar-refractivity contribution in [2.75, 3.05) is 10.2 Å². The van der Waals surface area contributed by atoms with E-state index in [0.717, 1.165) is 4.90 Å². The number of amides is 2. The van der Waals surface area contributed by atoms with E-state index < -0.39 is 33.7 Å². The second-order valence-electron chi connectivity index (χ2n) is 7.11. The number of nitrogens with one attached hydrogen (secondary N) is 1. The van der Waals surface area contributed by atoms with Crippen LogP contribution in [0.15, 0.2) is 89.3 Å². The zero-order valence-corrected chi connectivity index (χ0v) is 17.4. The molecular weight excluding hydrogens is 433 g/mol. The van der Waals surface area contributed by atoms with E-state index in [-0.39, 0.29) is 10.5 Å². The highest BCUT2D eigenvalue weighted by Gasteiger charge is 2.44. The van der Waals surface area contributed by atoms with E-state index >= 15 is 0 Å². The molecule has 1 aliphatic rings. The van der Waals surface area contributed by atoms with Crippen LogP contribution in [0.1, 0.15) is 5.56 Å². The number of carbonyl (C=O) groups is 2. The maximum Gasteiger partial charge on any atom is 0.263 e. The summed E-state index contributed by atoms with van der Waals surface area (Å²) >= 11 is 0. The van der Waals surface area contributed by atoms with Gasteiger partial charge in [0.05, 0.1) is 16.2 Å². The van der Waals surface area contributed by atoms with Gasteiger partial charge in [0.1, 0.15) is 11.9 Å². The lowest BCUT2D eigenvalue weighted by molar-refractivity contribution is -0.121. The number of nitrogens with zero attached hydrogens (tertiary/aromatic N) is 1. The molecule has 162 valence electrons. The van der Waals surface area contributed by atoms with E-state index in [1.165, 1.54) is 54.6 Å². The summed E-state index contributed by atoms with van der Waals surface area (Å²) in [5.74, 6) is -1.43. The minimum atomic E-state index is -3.87. The van der Waals surface area contributed by atoms with Crippen molar-refractivity contribution in [1.29, 1.82) is 0 Å². The van der Waals surface area contributed by atoms with E-state index in [4.69, 9.17) is 5.14 Å². The first kappa shape index (κ1) is 21.4. The van der Waals surface area contributed by atoms with Crippen LogP contribution in [0.2, 0.25) is 0 Å². The molecular formula is C23H18FN3O4S. The van der Waals surface area contributed by atoms with Crippen molar-refractivity contribution in [2.45, 2.75) is 10.9 Å². The summed E-state index contributed by atoms with van der Waals surface area (Å²) in [6, 6.07) is 18.5. The highest BCUT2D eigenvalue weighted by atomic mass is 32.2. The van der Waals surface area contributed by atoms with Crippen LogP contribution in [0.25, 0.3) is 6.08 Å². The quantitative estimate of drug-likeness (QED) is 0.458. The molecule has 4 rings (SSSR count). The summed E-state index contributed by atoms with van der Waals surface area (Å²) in [6.45, 7) is 0. The van der Waals surface area contributed by atoms with E-state index in [1.54, 1.807) is 30.3 Å². The van der Waals surface area contributed by atoms with Crippen molar-refractivity contribution in [2.24, 2.45) is 5.14 Å². The number of nitrogens with two attached hydrogens (primary N) is 1. The number of anilines is 2. The minimum Gasteiger partial charge on any atom is -0.370 e. The van der Waals surface area contributed by atoms with Crippen LogP contribution in [0.5, 0.6) is 0 Å². The third-order valence-electron chi connectivity index (χ3n) is 4.93. The van der Waals surface area contributed by atoms with Crippen LogP contribution in [-0.2, 0) is 19.6 Å². The summed E-state index contributed by atoms with van der Waals surface area (Å²) < 4.78 is 36.2. The van der Waals surface area contributed by atoms with Gasteiger partial charge >= 0.3 is 0 Å². The number of carbonyl (C=O) groups excluding carboxylic acids is 2. The highest BCUT2D eigenvalue weighted by Crippen LogP contribution is 2.30. The van der Waals surface area contributed by atoms with Crippen molar-refractivity contribution >= 4 is 39.3 Å². The second kappa shape index (κ2) is 8.37. The van der Waals surface area contributed by atoms with Gasteiger partial charge in [-0.05, 0) is 60.2 Å². The molecule has 0 bridgehead atoms. The number of hydrogen-bond acceptors (Lipinski definition) is 5. The van der Waals surface area contributed by atoms with Gasteiger partial charge in [-0.2, -0.15) is 0 Å².